The van der Waals surface area contributed by atoms with Crippen molar-refractivity contribution in [1.82, 2.24) is 0 Å². The predicted octanol–water partition coefficient (Wildman–Crippen LogP) is 2.59. The Morgan fingerprint density at radius 2 is 1.31 bits per heavy atom. The summed E-state index contributed by atoms with van der Waals surface area (Å²) in [7, 11) is 5.25. The van der Waals surface area contributed by atoms with Gasteiger partial charge in [0.2, 0.25) is 0 Å². The Kier molecular flexibility index (Phi) is 7.98. The Morgan fingerprint density at radius 3 is 1.62 bits per heavy atom. The summed E-state index contributed by atoms with van der Waals surface area (Å²) in [6.07, 6.45) is 0.259. The van der Waals surface area contributed by atoms with Gasteiger partial charge in [-0.25, -0.2) is 0 Å². The van der Waals surface area contributed by atoms with E-state index >= 15 is 0 Å². The van der Waals surface area contributed by atoms with E-state index in [-0.39, 0.29) is 12.2 Å². The van der Waals surface area contributed by atoms with Crippen molar-refractivity contribution < 1.29 is 14.2 Å². The number of rotatable bonds is 8. The first-order valence-corrected chi connectivity index (χ1v) is 6.04. The molecule has 0 amide bonds. The first-order valence-electron chi connectivity index (χ1n) is 6.04. The standard InChI is InChI=1S/C13H28O3/c1-9(2)12(15-6)13(16-7)11(4)10(3)8-14-5/h9-13H,8H2,1-7H3/t10-,11?,12+,13+/m1/s1. The van der Waals surface area contributed by atoms with Gasteiger partial charge < -0.3 is 14.2 Å². The smallest absolute Gasteiger partial charge is 0.0864 e. The van der Waals surface area contributed by atoms with Gasteiger partial charge in [-0.05, 0) is 17.8 Å². The minimum atomic E-state index is 0.121. The van der Waals surface area contributed by atoms with Crippen LogP contribution < -0.4 is 0 Å². The maximum Gasteiger partial charge on any atom is 0.0864 e. The van der Waals surface area contributed by atoms with Crippen LogP contribution in [0.3, 0.4) is 0 Å². The Hall–Kier alpha value is -0.120. The number of ether oxygens (including phenoxy) is 3. The molecular formula is C13H28O3. The second kappa shape index (κ2) is 8.04. The summed E-state index contributed by atoms with van der Waals surface area (Å²) in [5, 5.41) is 0. The highest BCUT2D eigenvalue weighted by atomic mass is 16.5. The third-order valence-corrected chi connectivity index (χ3v) is 3.37. The summed E-state index contributed by atoms with van der Waals surface area (Å²) < 4.78 is 16.4. The first kappa shape index (κ1) is 15.9. The van der Waals surface area contributed by atoms with E-state index in [4.69, 9.17) is 14.2 Å². The van der Waals surface area contributed by atoms with Crippen LogP contribution in [0.2, 0.25) is 0 Å². The van der Waals surface area contributed by atoms with Gasteiger partial charge in [0.25, 0.3) is 0 Å². The average molecular weight is 232 g/mol. The largest absolute Gasteiger partial charge is 0.384 e. The normalized spacial score (nSPS) is 19.5. The summed E-state index contributed by atoms with van der Waals surface area (Å²) >= 11 is 0. The number of methoxy groups -OCH3 is 3. The van der Waals surface area contributed by atoms with Gasteiger partial charge >= 0.3 is 0 Å². The highest BCUT2D eigenvalue weighted by Gasteiger charge is 2.32. The van der Waals surface area contributed by atoms with Crippen molar-refractivity contribution >= 4 is 0 Å². The van der Waals surface area contributed by atoms with E-state index in [2.05, 4.69) is 27.7 Å². The highest BCUT2D eigenvalue weighted by Crippen LogP contribution is 2.25. The Labute approximate surface area is 100 Å². The molecule has 98 valence electrons. The lowest BCUT2D eigenvalue weighted by Crippen LogP contribution is -2.42. The molecule has 3 nitrogen and oxygen atoms in total. The maximum absolute atomic E-state index is 5.61. The summed E-state index contributed by atoms with van der Waals surface area (Å²) in [5.74, 6) is 1.33. The van der Waals surface area contributed by atoms with E-state index in [0.29, 0.717) is 17.8 Å². The van der Waals surface area contributed by atoms with Gasteiger partial charge in [-0.3, -0.25) is 0 Å². The molecule has 4 atom stereocenters. The van der Waals surface area contributed by atoms with Gasteiger partial charge in [0.15, 0.2) is 0 Å². The summed E-state index contributed by atoms with van der Waals surface area (Å²) in [5.41, 5.74) is 0. The van der Waals surface area contributed by atoms with Crippen LogP contribution in [0.5, 0.6) is 0 Å². The molecule has 0 fully saturated rings. The van der Waals surface area contributed by atoms with Crippen LogP contribution in [-0.4, -0.2) is 40.1 Å². The van der Waals surface area contributed by atoms with Crippen LogP contribution in [0.25, 0.3) is 0 Å². The van der Waals surface area contributed by atoms with Crippen molar-refractivity contribution in [3.05, 3.63) is 0 Å². The Balaban J connectivity index is 4.56. The van der Waals surface area contributed by atoms with E-state index in [0.717, 1.165) is 6.61 Å². The van der Waals surface area contributed by atoms with Gasteiger partial charge in [-0.2, -0.15) is 0 Å². The Bertz CT molecular complexity index is 171. The van der Waals surface area contributed by atoms with Crippen LogP contribution in [0.4, 0.5) is 0 Å². The van der Waals surface area contributed by atoms with E-state index < -0.39 is 0 Å². The third kappa shape index (κ3) is 4.40. The molecule has 3 heteroatoms. The molecule has 0 rings (SSSR count). The molecule has 0 bridgehead atoms. The molecule has 0 saturated heterocycles. The summed E-state index contributed by atoms with van der Waals surface area (Å²) in [6.45, 7) is 9.47. The molecule has 0 aromatic carbocycles. The van der Waals surface area contributed by atoms with Gasteiger partial charge in [0, 0.05) is 27.9 Å². The lowest BCUT2D eigenvalue weighted by Gasteiger charge is -2.35. The van der Waals surface area contributed by atoms with E-state index in [9.17, 15) is 0 Å². The van der Waals surface area contributed by atoms with Gasteiger partial charge in [-0.1, -0.05) is 27.7 Å². The highest BCUT2D eigenvalue weighted by molar-refractivity contribution is 4.81. The van der Waals surface area contributed by atoms with Crippen LogP contribution in [-0.2, 0) is 14.2 Å². The van der Waals surface area contributed by atoms with E-state index in [1.807, 2.05) is 0 Å². The lowest BCUT2D eigenvalue weighted by atomic mass is 9.85. The molecule has 0 aliphatic heterocycles. The van der Waals surface area contributed by atoms with Crippen LogP contribution >= 0.6 is 0 Å². The fourth-order valence-electron chi connectivity index (χ4n) is 2.17. The number of hydrogen-bond acceptors (Lipinski definition) is 3. The topological polar surface area (TPSA) is 27.7 Å². The second-order valence-corrected chi connectivity index (χ2v) is 4.94. The molecule has 0 aliphatic rings. The Morgan fingerprint density at radius 1 is 0.812 bits per heavy atom. The molecule has 0 aromatic heterocycles. The molecule has 16 heavy (non-hydrogen) atoms. The third-order valence-electron chi connectivity index (χ3n) is 3.37. The maximum atomic E-state index is 5.61. The minimum absolute atomic E-state index is 0.121. The van der Waals surface area contributed by atoms with Crippen LogP contribution in [0, 0.1) is 17.8 Å². The zero-order valence-electron chi connectivity index (χ0n) is 11.8. The van der Waals surface area contributed by atoms with Crippen LogP contribution in [0.1, 0.15) is 27.7 Å². The van der Waals surface area contributed by atoms with Crippen molar-refractivity contribution in [3.8, 4) is 0 Å². The zero-order chi connectivity index (χ0) is 12.7. The minimum Gasteiger partial charge on any atom is -0.384 e. The van der Waals surface area contributed by atoms with Crippen molar-refractivity contribution in [2.45, 2.75) is 39.9 Å². The molecule has 0 heterocycles. The van der Waals surface area contributed by atoms with Crippen LogP contribution in [0.15, 0.2) is 0 Å². The second-order valence-electron chi connectivity index (χ2n) is 4.94. The molecule has 0 aromatic rings. The summed E-state index contributed by atoms with van der Waals surface area (Å²) in [4.78, 5) is 0. The van der Waals surface area contributed by atoms with Crippen molar-refractivity contribution in [1.29, 1.82) is 0 Å². The van der Waals surface area contributed by atoms with Gasteiger partial charge in [-0.15, -0.1) is 0 Å². The molecule has 0 N–H and O–H groups in total. The van der Waals surface area contributed by atoms with Crippen molar-refractivity contribution in [2.24, 2.45) is 17.8 Å². The predicted molar refractivity (Wildman–Crippen MR) is 66.6 cm³/mol. The molecule has 0 spiro atoms. The fraction of sp³-hybridized carbons (Fsp3) is 1.00. The quantitative estimate of drug-likeness (QED) is 0.644. The van der Waals surface area contributed by atoms with Crippen molar-refractivity contribution in [3.63, 3.8) is 0 Å². The molecule has 0 saturated carbocycles. The first-order chi connectivity index (χ1) is 7.49. The SMILES string of the molecule is COC[C@@H](C)C(C)[C@H](OC)[C@@H](OC)C(C)C. The number of hydrogen-bond donors (Lipinski definition) is 0. The van der Waals surface area contributed by atoms with E-state index in [1.165, 1.54) is 0 Å². The van der Waals surface area contributed by atoms with Gasteiger partial charge in [0.05, 0.1) is 12.2 Å². The lowest BCUT2D eigenvalue weighted by molar-refractivity contribution is -0.0944. The van der Waals surface area contributed by atoms with E-state index in [1.54, 1.807) is 21.3 Å². The average Bonchev–Trinajstić information content (AvgIpc) is 2.24. The summed E-state index contributed by atoms with van der Waals surface area (Å²) in [6, 6.07) is 0. The molecule has 0 radical (unpaired) electrons. The molecule has 0 aliphatic carbocycles. The molecular weight excluding hydrogens is 204 g/mol. The monoisotopic (exact) mass is 232 g/mol. The fourth-order valence-corrected chi connectivity index (χ4v) is 2.17. The van der Waals surface area contributed by atoms with Gasteiger partial charge in [0.1, 0.15) is 0 Å². The zero-order valence-corrected chi connectivity index (χ0v) is 11.8. The van der Waals surface area contributed by atoms with Crippen molar-refractivity contribution in [2.75, 3.05) is 27.9 Å². The molecule has 1 unspecified atom stereocenters.